The molecule has 0 saturated heterocycles. The molecule has 4 aromatic rings. The van der Waals surface area contributed by atoms with E-state index in [0.717, 1.165) is 6.04 Å². The summed E-state index contributed by atoms with van der Waals surface area (Å²) in [5.74, 6) is 0.00991. The van der Waals surface area contributed by atoms with Crippen LogP contribution in [0.5, 0.6) is 5.75 Å². The van der Waals surface area contributed by atoms with Gasteiger partial charge in [-0.25, -0.2) is 18.1 Å². The zero-order valence-corrected chi connectivity index (χ0v) is 27.3. The number of nitrogens with one attached hydrogen (secondary N) is 2. The number of sulfonamides is 1. The normalized spacial score (nSPS) is 12.5. The Hall–Kier alpha value is -4.34. The van der Waals surface area contributed by atoms with E-state index in [-0.39, 0.29) is 41.0 Å². The van der Waals surface area contributed by atoms with Crippen molar-refractivity contribution in [1.29, 1.82) is 0 Å². The molecule has 4 rings (SSSR count). The number of amides is 1. The van der Waals surface area contributed by atoms with Crippen molar-refractivity contribution >= 4 is 41.3 Å². The molecule has 0 fully saturated rings. The minimum atomic E-state index is -3.63. The summed E-state index contributed by atoms with van der Waals surface area (Å²) in [5.41, 5.74) is 7.60. The van der Waals surface area contributed by atoms with Crippen LogP contribution in [0.15, 0.2) is 61.2 Å². The molecule has 0 spiro atoms. The van der Waals surface area contributed by atoms with Gasteiger partial charge in [0.1, 0.15) is 41.5 Å². The van der Waals surface area contributed by atoms with Gasteiger partial charge in [-0.3, -0.25) is 19.5 Å². The van der Waals surface area contributed by atoms with Crippen molar-refractivity contribution < 1.29 is 22.7 Å². The van der Waals surface area contributed by atoms with E-state index >= 15 is 0 Å². The molecule has 3 heterocycles. The Morgan fingerprint density at radius 3 is 2.55 bits per heavy atom. The zero-order valence-electron chi connectivity index (χ0n) is 25.4. The molecule has 13 nitrogen and oxygen atoms in total. The molecule has 0 bridgehead atoms. The third-order valence-corrected chi connectivity index (χ3v) is 9.52. The van der Waals surface area contributed by atoms with Gasteiger partial charge in [0.15, 0.2) is 0 Å². The zero-order chi connectivity index (χ0) is 31.9. The molecule has 1 atom stereocenters. The van der Waals surface area contributed by atoms with E-state index in [1.165, 1.54) is 30.2 Å². The molecule has 0 saturated carbocycles. The molecule has 0 aliphatic rings. The average Bonchev–Trinajstić information content (AvgIpc) is 3.34. The predicted octanol–water partition coefficient (Wildman–Crippen LogP) is 4.79. The van der Waals surface area contributed by atoms with Gasteiger partial charge in [-0.05, 0) is 44.2 Å². The quantitative estimate of drug-likeness (QED) is 0.121. The smallest absolute Gasteiger partial charge is 0.254 e. The van der Waals surface area contributed by atoms with E-state index in [1.54, 1.807) is 37.4 Å². The maximum atomic E-state index is 12.9. The summed E-state index contributed by atoms with van der Waals surface area (Å²) in [6.45, 7) is 10.7. The van der Waals surface area contributed by atoms with Crippen molar-refractivity contribution in [3.63, 3.8) is 0 Å². The Kier molecular flexibility index (Phi) is 10.3. The van der Waals surface area contributed by atoms with Crippen LogP contribution in [0.3, 0.4) is 0 Å². The average molecular weight is 639 g/mol. The van der Waals surface area contributed by atoms with Gasteiger partial charge < -0.3 is 20.5 Å². The summed E-state index contributed by atoms with van der Waals surface area (Å²) in [6, 6.07) is 11.2. The fourth-order valence-electron chi connectivity index (χ4n) is 4.09. The van der Waals surface area contributed by atoms with Crippen LogP contribution >= 0.6 is 0 Å². The Morgan fingerprint density at radius 1 is 1.11 bits per heavy atom. The van der Waals surface area contributed by atoms with Crippen LogP contribution in [-0.2, 0) is 21.5 Å². The third kappa shape index (κ3) is 8.61. The van der Waals surface area contributed by atoms with Gasteiger partial charge in [-0.15, -0.1) is 0 Å². The van der Waals surface area contributed by atoms with E-state index in [2.05, 4.69) is 44.6 Å². The Balaban J connectivity index is 1.80. The Bertz CT molecular complexity index is 1680. The minimum Gasteiger partial charge on any atom is -0.482 e. The summed E-state index contributed by atoms with van der Waals surface area (Å²) in [6.07, 6.45) is 5.67. The first-order chi connectivity index (χ1) is 20.9. The van der Waals surface area contributed by atoms with Crippen molar-refractivity contribution in [3.05, 3.63) is 72.4 Å². The fraction of sp³-hybridized carbons (Fsp3) is 0.345. The van der Waals surface area contributed by atoms with Gasteiger partial charge in [0, 0.05) is 38.8 Å². The molecule has 1 amide bonds. The standard InChI is InChI=1S/C29H38N8O5SSi/c1-6-43(39,40)36-23-11-10-21(17-24(23)42-20(2)22-9-7-8-12-32-22)27-26(28(30)38)29(34-25-18-31-13-14-33-25)37(35-27)19-41-15-16-44(3,4)5/h7-14,17-18,20,36H,6,15-16,19H2,1-5H3,(H2,30,38)(H,33,34). The number of carbonyl (C=O) groups is 1. The first kappa shape index (κ1) is 32.6. The van der Waals surface area contributed by atoms with Gasteiger partial charge in [0.25, 0.3) is 5.91 Å². The topological polar surface area (TPSA) is 176 Å². The van der Waals surface area contributed by atoms with Crippen LogP contribution in [0.4, 0.5) is 17.3 Å². The van der Waals surface area contributed by atoms with E-state index < -0.39 is 30.1 Å². The summed E-state index contributed by atoms with van der Waals surface area (Å²) in [5, 5.41) is 7.83. The number of hydrogen-bond acceptors (Lipinski definition) is 10. The molecule has 0 aliphatic carbocycles. The van der Waals surface area contributed by atoms with E-state index in [9.17, 15) is 13.2 Å². The maximum Gasteiger partial charge on any atom is 0.254 e. The lowest BCUT2D eigenvalue weighted by Crippen LogP contribution is -2.22. The van der Waals surface area contributed by atoms with Crippen LogP contribution in [0.2, 0.25) is 25.7 Å². The Morgan fingerprint density at radius 2 is 1.91 bits per heavy atom. The number of nitrogens with two attached hydrogens (primary N) is 1. The molecule has 0 aliphatic heterocycles. The summed E-state index contributed by atoms with van der Waals surface area (Å²) in [4.78, 5) is 25.6. The Labute approximate surface area is 258 Å². The third-order valence-electron chi connectivity index (χ3n) is 6.53. The summed E-state index contributed by atoms with van der Waals surface area (Å²) >= 11 is 0. The van der Waals surface area contributed by atoms with E-state index in [1.807, 2.05) is 12.1 Å². The molecule has 1 aromatic carbocycles. The van der Waals surface area contributed by atoms with E-state index in [4.69, 9.17) is 20.3 Å². The minimum absolute atomic E-state index is 0.0435. The van der Waals surface area contributed by atoms with Crippen molar-refractivity contribution in [2.45, 2.75) is 52.4 Å². The molecular formula is C29H38N8O5SSi. The highest BCUT2D eigenvalue weighted by molar-refractivity contribution is 7.92. The second kappa shape index (κ2) is 14.0. The number of ether oxygens (including phenoxy) is 2. The highest BCUT2D eigenvalue weighted by Crippen LogP contribution is 2.37. The maximum absolute atomic E-state index is 12.9. The van der Waals surface area contributed by atoms with Crippen LogP contribution in [0.25, 0.3) is 11.3 Å². The second-order valence-corrected chi connectivity index (χ2v) is 18.9. The molecular weight excluding hydrogens is 601 g/mol. The highest BCUT2D eigenvalue weighted by Gasteiger charge is 2.26. The predicted molar refractivity (Wildman–Crippen MR) is 172 cm³/mol. The van der Waals surface area contributed by atoms with Gasteiger partial charge in [0.2, 0.25) is 10.0 Å². The van der Waals surface area contributed by atoms with Crippen molar-refractivity contribution in [2.24, 2.45) is 5.73 Å². The highest BCUT2D eigenvalue weighted by atomic mass is 32.2. The molecule has 0 radical (unpaired) electrons. The summed E-state index contributed by atoms with van der Waals surface area (Å²) < 4.78 is 41.3. The molecule has 3 aromatic heterocycles. The first-order valence-electron chi connectivity index (χ1n) is 14.1. The van der Waals surface area contributed by atoms with Crippen molar-refractivity contribution in [1.82, 2.24) is 24.7 Å². The van der Waals surface area contributed by atoms with Crippen molar-refractivity contribution in [2.75, 3.05) is 22.4 Å². The molecule has 4 N–H and O–H groups in total. The number of rotatable bonds is 15. The lowest BCUT2D eigenvalue weighted by Gasteiger charge is -2.19. The van der Waals surface area contributed by atoms with Crippen LogP contribution in [0, 0.1) is 0 Å². The van der Waals surface area contributed by atoms with Gasteiger partial charge in [0.05, 0.1) is 23.3 Å². The van der Waals surface area contributed by atoms with Gasteiger partial charge in [-0.1, -0.05) is 31.8 Å². The number of hydrogen-bond donors (Lipinski definition) is 3. The van der Waals surface area contributed by atoms with Crippen LogP contribution in [-0.4, -0.2) is 59.5 Å². The first-order valence-corrected chi connectivity index (χ1v) is 19.5. The number of carbonyl (C=O) groups excluding carboxylic acids is 1. The SMILES string of the molecule is CCS(=O)(=O)Nc1ccc(-c2nn(COCC[Si](C)(C)C)c(Nc3cnccn3)c2C(N)=O)cc1OC(C)c1ccccn1. The number of pyridine rings is 1. The number of benzene rings is 1. The lowest BCUT2D eigenvalue weighted by molar-refractivity contribution is 0.0802. The molecule has 15 heteroatoms. The van der Waals surface area contributed by atoms with Gasteiger partial charge >= 0.3 is 0 Å². The van der Waals surface area contributed by atoms with Crippen LogP contribution in [0.1, 0.15) is 36.0 Å². The molecule has 234 valence electrons. The molecule has 44 heavy (non-hydrogen) atoms. The molecule has 1 unspecified atom stereocenters. The van der Waals surface area contributed by atoms with Crippen LogP contribution < -0.4 is 20.5 Å². The largest absolute Gasteiger partial charge is 0.482 e. The number of anilines is 3. The van der Waals surface area contributed by atoms with E-state index in [0.29, 0.717) is 23.7 Å². The second-order valence-electron chi connectivity index (χ2n) is 11.2. The number of primary amides is 1. The monoisotopic (exact) mass is 638 g/mol. The lowest BCUT2D eigenvalue weighted by atomic mass is 10.1. The van der Waals surface area contributed by atoms with Crippen molar-refractivity contribution in [3.8, 4) is 17.0 Å². The number of nitrogens with zero attached hydrogens (tertiary/aromatic N) is 5. The summed E-state index contributed by atoms with van der Waals surface area (Å²) in [7, 11) is -4.98. The number of aromatic nitrogens is 5. The van der Waals surface area contributed by atoms with Gasteiger partial charge in [-0.2, -0.15) is 5.10 Å². The fourth-order valence-corrected chi connectivity index (χ4v) is 5.50.